The van der Waals surface area contributed by atoms with E-state index in [1.165, 1.54) is 0 Å². The molecule has 4 rings (SSSR count). The summed E-state index contributed by atoms with van der Waals surface area (Å²) >= 11 is 1.59. The molecule has 3 aromatic rings. The van der Waals surface area contributed by atoms with Crippen LogP contribution < -0.4 is 10.2 Å². The third kappa shape index (κ3) is 3.98. The van der Waals surface area contributed by atoms with Crippen molar-refractivity contribution in [3.05, 3.63) is 95.6 Å². The van der Waals surface area contributed by atoms with Crippen LogP contribution in [0.5, 0.6) is 0 Å². The smallest absolute Gasteiger partial charge is 0.255 e. The molecule has 1 aliphatic heterocycles. The van der Waals surface area contributed by atoms with Crippen molar-refractivity contribution in [2.24, 2.45) is 0 Å². The van der Waals surface area contributed by atoms with E-state index < -0.39 is 0 Å². The highest BCUT2D eigenvalue weighted by atomic mass is 32.2. The molecule has 4 nitrogen and oxygen atoms in total. The van der Waals surface area contributed by atoms with Gasteiger partial charge in [-0.05, 0) is 35.7 Å². The highest BCUT2D eigenvalue weighted by molar-refractivity contribution is 8.00. The molecule has 0 spiro atoms. The van der Waals surface area contributed by atoms with E-state index in [4.69, 9.17) is 0 Å². The Labute approximate surface area is 181 Å². The fraction of sp³-hybridized carbons (Fsp3) is 0.200. The van der Waals surface area contributed by atoms with Crippen molar-refractivity contribution in [2.45, 2.75) is 25.1 Å². The number of carbonyl (C=O) groups is 2. The van der Waals surface area contributed by atoms with E-state index in [9.17, 15) is 9.59 Å². The molecular formula is C25H24N2O2S. The number of benzene rings is 3. The summed E-state index contributed by atoms with van der Waals surface area (Å²) in [6, 6.07) is 25.0. The average molecular weight is 417 g/mol. The molecule has 152 valence electrons. The topological polar surface area (TPSA) is 49.4 Å². The summed E-state index contributed by atoms with van der Waals surface area (Å²) in [5, 5.41) is 2.85. The van der Waals surface area contributed by atoms with Crippen LogP contribution in [-0.2, 0) is 4.79 Å². The van der Waals surface area contributed by atoms with E-state index in [-0.39, 0.29) is 17.2 Å². The van der Waals surface area contributed by atoms with Gasteiger partial charge in [-0.15, -0.1) is 11.8 Å². The van der Waals surface area contributed by atoms with Gasteiger partial charge in [0, 0.05) is 22.5 Å². The lowest BCUT2D eigenvalue weighted by molar-refractivity contribution is -0.115. The predicted molar refractivity (Wildman–Crippen MR) is 124 cm³/mol. The minimum Gasteiger partial charge on any atom is -0.322 e. The first-order valence-electron chi connectivity index (χ1n) is 10.0. The Kier molecular flexibility index (Phi) is 5.91. The van der Waals surface area contributed by atoms with Crippen molar-refractivity contribution < 1.29 is 9.59 Å². The van der Waals surface area contributed by atoms with Crippen molar-refractivity contribution >= 4 is 35.0 Å². The normalized spacial score (nSPS) is 16.2. The molecule has 0 radical (unpaired) electrons. The van der Waals surface area contributed by atoms with Crippen LogP contribution in [0.15, 0.2) is 78.9 Å². The third-order valence-corrected chi connectivity index (χ3v) is 6.39. The van der Waals surface area contributed by atoms with Crippen LogP contribution in [0.3, 0.4) is 0 Å². The van der Waals surface area contributed by atoms with Crippen molar-refractivity contribution in [1.82, 2.24) is 0 Å². The van der Waals surface area contributed by atoms with Crippen LogP contribution in [0.2, 0.25) is 0 Å². The minimum absolute atomic E-state index is 0.0855. The first kappa shape index (κ1) is 20.2. The molecular weight excluding hydrogens is 392 g/mol. The largest absolute Gasteiger partial charge is 0.322 e. The summed E-state index contributed by atoms with van der Waals surface area (Å²) in [6.45, 7) is 4.27. The molecule has 1 heterocycles. The fourth-order valence-electron chi connectivity index (χ4n) is 3.72. The first-order chi connectivity index (χ1) is 14.6. The van der Waals surface area contributed by atoms with Gasteiger partial charge < -0.3 is 5.32 Å². The summed E-state index contributed by atoms with van der Waals surface area (Å²) in [5.41, 5.74) is 4.34. The molecule has 0 aromatic heterocycles. The van der Waals surface area contributed by atoms with Gasteiger partial charge in [-0.25, -0.2) is 0 Å². The van der Waals surface area contributed by atoms with Crippen LogP contribution in [0.4, 0.5) is 11.4 Å². The monoisotopic (exact) mass is 416 g/mol. The summed E-state index contributed by atoms with van der Waals surface area (Å²) < 4.78 is 0. The molecule has 3 aromatic carbocycles. The van der Waals surface area contributed by atoms with Crippen LogP contribution in [0, 0.1) is 0 Å². The Bertz CT molecular complexity index is 1070. The molecule has 1 saturated heterocycles. The highest BCUT2D eigenvalue weighted by Gasteiger charge is 2.36. The number of nitrogens with zero attached hydrogens (tertiary/aromatic N) is 1. The van der Waals surface area contributed by atoms with Gasteiger partial charge in [-0.1, -0.05) is 68.4 Å². The van der Waals surface area contributed by atoms with Gasteiger partial charge in [0.25, 0.3) is 5.91 Å². The van der Waals surface area contributed by atoms with E-state index in [0.717, 1.165) is 22.5 Å². The van der Waals surface area contributed by atoms with Crippen molar-refractivity contribution in [3.8, 4) is 0 Å². The third-order valence-electron chi connectivity index (χ3n) is 5.20. The standard InChI is InChI=1S/C25H24N2O2S/c1-17(2)19-12-7-9-15-22(19)27-23(28)16-30-25(27)20-13-6-8-14-21(20)26-24(29)18-10-4-3-5-11-18/h3-15,17,25H,16H2,1-2H3,(H,26,29)/t25-/m0/s1. The molecule has 30 heavy (non-hydrogen) atoms. The van der Waals surface area contributed by atoms with E-state index in [0.29, 0.717) is 17.2 Å². The van der Waals surface area contributed by atoms with E-state index >= 15 is 0 Å². The molecule has 1 aliphatic rings. The Morgan fingerprint density at radius 2 is 1.63 bits per heavy atom. The number of hydrogen-bond acceptors (Lipinski definition) is 3. The molecule has 0 bridgehead atoms. The first-order valence-corrected chi connectivity index (χ1v) is 11.1. The zero-order valence-corrected chi connectivity index (χ0v) is 17.9. The van der Waals surface area contributed by atoms with Crippen LogP contribution in [0.25, 0.3) is 0 Å². The van der Waals surface area contributed by atoms with E-state index in [1.807, 2.05) is 65.6 Å². The number of rotatable bonds is 5. The van der Waals surface area contributed by atoms with E-state index in [1.54, 1.807) is 23.9 Å². The second-order valence-corrected chi connectivity index (χ2v) is 8.62. The maximum absolute atomic E-state index is 12.9. The van der Waals surface area contributed by atoms with Gasteiger partial charge in [0.15, 0.2) is 0 Å². The molecule has 0 unspecified atom stereocenters. The zero-order valence-electron chi connectivity index (χ0n) is 17.0. The highest BCUT2D eigenvalue weighted by Crippen LogP contribution is 2.46. The SMILES string of the molecule is CC(C)c1ccccc1N1C(=O)CS[C@H]1c1ccccc1NC(=O)c1ccccc1. The number of thioether (sulfide) groups is 1. The molecule has 0 aliphatic carbocycles. The predicted octanol–water partition coefficient (Wildman–Crippen LogP) is 5.84. The van der Waals surface area contributed by atoms with Crippen molar-refractivity contribution in [3.63, 3.8) is 0 Å². The lowest BCUT2D eigenvalue weighted by Gasteiger charge is -2.29. The summed E-state index contributed by atoms with van der Waals surface area (Å²) in [6.07, 6.45) is 0. The molecule has 2 amide bonds. The Balaban J connectivity index is 1.70. The number of hydrogen-bond donors (Lipinski definition) is 1. The lowest BCUT2D eigenvalue weighted by Crippen LogP contribution is -2.29. The Hall–Kier alpha value is -3.05. The fourth-order valence-corrected chi connectivity index (χ4v) is 4.92. The van der Waals surface area contributed by atoms with Crippen LogP contribution >= 0.6 is 11.8 Å². The van der Waals surface area contributed by atoms with Crippen molar-refractivity contribution in [2.75, 3.05) is 16.0 Å². The molecule has 1 atom stereocenters. The average Bonchev–Trinajstić information content (AvgIpc) is 3.15. The molecule has 0 saturated carbocycles. The van der Waals surface area contributed by atoms with Gasteiger partial charge in [0.05, 0.1) is 5.75 Å². The van der Waals surface area contributed by atoms with Crippen LogP contribution in [0.1, 0.15) is 46.6 Å². The zero-order chi connectivity index (χ0) is 21.1. The van der Waals surface area contributed by atoms with Gasteiger partial charge >= 0.3 is 0 Å². The second-order valence-electron chi connectivity index (χ2n) is 7.55. The quantitative estimate of drug-likeness (QED) is 0.568. The summed E-state index contributed by atoms with van der Waals surface area (Å²) in [5.74, 6) is 0.639. The Morgan fingerprint density at radius 1 is 0.967 bits per heavy atom. The summed E-state index contributed by atoms with van der Waals surface area (Å²) in [4.78, 5) is 27.5. The number of anilines is 2. The van der Waals surface area contributed by atoms with Crippen molar-refractivity contribution in [1.29, 1.82) is 0 Å². The minimum atomic E-state index is -0.190. The van der Waals surface area contributed by atoms with Gasteiger partial charge in [-0.3, -0.25) is 14.5 Å². The molecule has 5 heteroatoms. The number of carbonyl (C=O) groups excluding carboxylic acids is 2. The second kappa shape index (κ2) is 8.76. The number of amides is 2. The van der Waals surface area contributed by atoms with Gasteiger partial charge in [0.2, 0.25) is 5.91 Å². The maximum atomic E-state index is 12.9. The maximum Gasteiger partial charge on any atom is 0.255 e. The summed E-state index contributed by atoms with van der Waals surface area (Å²) in [7, 11) is 0. The van der Waals surface area contributed by atoms with Crippen LogP contribution in [-0.4, -0.2) is 17.6 Å². The van der Waals surface area contributed by atoms with E-state index in [2.05, 4.69) is 25.2 Å². The van der Waals surface area contributed by atoms with Gasteiger partial charge in [0.1, 0.15) is 5.37 Å². The lowest BCUT2D eigenvalue weighted by atomic mass is 10.00. The Morgan fingerprint density at radius 3 is 2.40 bits per heavy atom. The number of nitrogens with one attached hydrogen (secondary N) is 1. The number of para-hydroxylation sites is 2. The molecule has 1 N–H and O–H groups in total. The van der Waals surface area contributed by atoms with Gasteiger partial charge in [-0.2, -0.15) is 0 Å². The molecule has 1 fully saturated rings.